The number of halogens is 2. The second kappa shape index (κ2) is 8.77. The summed E-state index contributed by atoms with van der Waals surface area (Å²) in [5, 5.41) is 10.9. The molecule has 36 heavy (non-hydrogen) atoms. The monoisotopic (exact) mass is 498 g/mol. The van der Waals surface area contributed by atoms with Crippen LogP contribution in [0.25, 0.3) is 10.9 Å². The Bertz CT molecular complexity index is 1340. The Balaban J connectivity index is 1.65. The first-order chi connectivity index (χ1) is 17.1. The molecule has 0 spiro atoms. The molecular weight excluding hydrogens is 470 g/mol. The Hall–Kier alpha value is -3.66. The molecule has 2 aliphatic heterocycles. The van der Waals surface area contributed by atoms with Gasteiger partial charge in [0.15, 0.2) is 0 Å². The van der Waals surface area contributed by atoms with Gasteiger partial charge in [-0.05, 0) is 75.4 Å². The number of rotatable bonds is 7. The van der Waals surface area contributed by atoms with Crippen LogP contribution in [0.4, 0.5) is 13.6 Å². The van der Waals surface area contributed by atoms with Gasteiger partial charge in [-0.15, -0.1) is 0 Å². The molecular formula is C26H28F2N4O4. The molecule has 0 bridgehead atoms. The van der Waals surface area contributed by atoms with E-state index >= 15 is 0 Å². The number of amides is 3. The van der Waals surface area contributed by atoms with E-state index in [0.717, 1.165) is 12.1 Å². The molecule has 3 heterocycles. The second-order valence-corrected chi connectivity index (χ2v) is 9.82. The molecule has 190 valence electrons. The number of aromatic hydroxyl groups is 1. The lowest BCUT2D eigenvalue weighted by atomic mass is 9.81. The van der Waals surface area contributed by atoms with Gasteiger partial charge in [-0.1, -0.05) is 12.1 Å². The Labute approximate surface area is 207 Å². The number of phenols is 1. The van der Waals surface area contributed by atoms with Crippen molar-refractivity contribution in [1.82, 2.24) is 19.7 Å². The topological polar surface area (TPSA) is 89.1 Å². The third-order valence-corrected chi connectivity index (χ3v) is 7.04. The van der Waals surface area contributed by atoms with Gasteiger partial charge in [0.2, 0.25) is 0 Å². The van der Waals surface area contributed by atoms with Crippen molar-refractivity contribution < 1.29 is 28.2 Å². The van der Waals surface area contributed by atoms with Crippen LogP contribution in [0, 0.1) is 0 Å². The quantitative estimate of drug-likeness (QED) is 0.479. The van der Waals surface area contributed by atoms with Crippen LogP contribution in [-0.2, 0) is 11.2 Å². The lowest BCUT2D eigenvalue weighted by Crippen LogP contribution is -2.53. The largest absolute Gasteiger partial charge is 0.508 e. The number of benzene rings is 2. The van der Waals surface area contributed by atoms with Crippen LogP contribution in [-0.4, -0.2) is 76.1 Å². The lowest BCUT2D eigenvalue weighted by Gasteiger charge is -2.42. The van der Waals surface area contributed by atoms with Crippen molar-refractivity contribution in [3.8, 4) is 11.5 Å². The highest BCUT2D eigenvalue weighted by Crippen LogP contribution is 2.49. The third kappa shape index (κ3) is 3.85. The summed E-state index contributed by atoms with van der Waals surface area (Å²) in [5.74, 6) is -0.248. The van der Waals surface area contributed by atoms with Gasteiger partial charge in [0, 0.05) is 29.6 Å². The number of H-pyrrole nitrogens is 1. The summed E-state index contributed by atoms with van der Waals surface area (Å²) < 4.78 is 30.4. The summed E-state index contributed by atoms with van der Waals surface area (Å²) in [6, 6.07) is 10.1. The number of carbonyl (C=O) groups is 2. The molecule has 10 heteroatoms. The number of ether oxygens (including phenoxy) is 1. The van der Waals surface area contributed by atoms with Gasteiger partial charge in [0.25, 0.3) is 5.91 Å². The SMILES string of the molecule is CN(C)CCCN1C(=O)N2[C@H](c3cccc(O)c3)c3[nH]c4ccc(OC(F)F)cc4c3C[C@@]2(C)C1=O. The average Bonchev–Trinajstić information content (AvgIpc) is 3.24. The first-order valence-corrected chi connectivity index (χ1v) is 11.8. The second-order valence-electron chi connectivity index (χ2n) is 9.82. The van der Waals surface area contributed by atoms with E-state index in [1.165, 1.54) is 23.1 Å². The van der Waals surface area contributed by atoms with Crippen molar-refractivity contribution in [2.45, 2.75) is 38.0 Å². The number of aromatic nitrogens is 1. The van der Waals surface area contributed by atoms with Crippen LogP contribution >= 0.6 is 0 Å². The van der Waals surface area contributed by atoms with Crippen LogP contribution in [0.5, 0.6) is 11.5 Å². The molecule has 3 aromatic rings. The van der Waals surface area contributed by atoms with Crippen molar-refractivity contribution in [3.05, 3.63) is 59.3 Å². The van der Waals surface area contributed by atoms with Crippen molar-refractivity contribution in [3.63, 3.8) is 0 Å². The van der Waals surface area contributed by atoms with Crippen molar-refractivity contribution in [2.75, 3.05) is 27.2 Å². The van der Waals surface area contributed by atoms with E-state index in [4.69, 9.17) is 0 Å². The molecule has 5 rings (SSSR count). The summed E-state index contributed by atoms with van der Waals surface area (Å²) in [5.41, 5.74) is 1.56. The van der Waals surface area contributed by atoms with E-state index in [-0.39, 0.29) is 36.4 Å². The summed E-state index contributed by atoms with van der Waals surface area (Å²) in [6.07, 6.45) is 0.846. The highest BCUT2D eigenvalue weighted by Gasteiger charge is 2.60. The highest BCUT2D eigenvalue weighted by atomic mass is 19.3. The number of imide groups is 1. The van der Waals surface area contributed by atoms with Crippen molar-refractivity contribution >= 4 is 22.8 Å². The fourth-order valence-electron chi connectivity index (χ4n) is 5.45. The van der Waals surface area contributed by atoms with E-state index in [2.05, 4.69) is 9.72 Å². The van der Waals surface area contributed by atoms with Crippen LogP contribution in [0.1, 0.15) is 36.2 Å². The number of alkyl halides is 2. The van der Waals surface area contributed by atoms with Gasteiger partial charge >= 0.3 is 12.6 Å². The molecule has 1 saturated heterocycles. The number of nitrogens with one attached hydrogen (secondary N) is 1. The molecule has 2 aliphatic rings. The predicted octanol–water partition coefficient (Wildman–Crippen LogP) is 4.10. The predicted molar refractivity (Wildman–Crippen MR) is 129 cm³/mol. The maximum atomic E-state index is 13.7. The summed E-state index contributed by atoms with van der Waals surface area (Å²) in [4.78, 5) is 35.7. The van der Waals surface area contributed by atoms with Crippen LogP contribution in [0.3, 0.4) is 0 Å². The standard InChI is InChI=1S/C26H28F2N4O4/c1-26-14-19-18-13-17(36-24(27)28)8-9-20(18)29-21(19)22(15-6-4-7-16(33)12-15)32(26)25(35)31(23(26)34)11-5-10-30(2)3/h4,6-9,12-13,22,24,29,33H,5,10-11,14H2,1-3H3/t22-,26+/m1/s1. The zero-order chi connectivity index (χ0) is 25.8. The molecule has 1 fully saturated rings. The number of urea groups is 1. The smallest absolute Gasteiger partial charge is 0.387 e. The summed E-state index contributed by atoms with van der Waals surface area (Å²) >= 11 is 0. The Morgan fingerprint density at radius 2 is 2.00 bits per heavy atom. The molecule has 2 atom stereocenters. The third-order valence-electron chi connectivity index (χ3n) is 7.04. The van der Waals surface area contributed by atoms with Crippen LogP contribution in [0.15, 0.2) is 42.5 Å². The van der Waals surface area contributed by atoms with Gasteiger partial charge < -0.3 is 19.7 Å². The zero-order valence-electron chi connectivity index (χ0n) is 20.3. The number of hydrogen-bond donors (Lipinski definition) is 2. The number of fused-ring (bicyclic) bond motifs is 4. The highest BCUT2D eigenvalue weighted by molar-refractivity contribution is 6.08. The molecule has 0 saturated carbocycles. The molecule has 0 radical (unpaired) electrons. The minimum Gasteiger partial charge on any atom is -0.508 e. The fourth-order valence-corrected chi connectivity index (χ4v) is 5.45. The minimum absolute atomic E-state index is 0.0138. The van der Waals surface area contributed by atoms with E-state index in [1.807, 2.05) is 19.0 Å². The number of carbonyl (C=O) groups excluding carboxylic acids is 2. The Morgan fingerprint density at radius 3 is 2.69 bits per heavy atom. The Kier molecular flexibility index (Phi) is 5.86. The normalized spacial score (nSPS) is 21.6. The van der Waals surface area contributed by atoms with E-state index in [1.54, 1.807) is 36.1 Å². The minimum atomic E-state index is -2.96. The fraction of sp³-hybridized carbons (Fsp3) is 0.385. The Morgan fingerprint density at radius 1 is 1.22 bits per heavy atom. The molecule has 8 nitrogen and oxygen atoms in total. The number of hydrogen-bond acceptors (Lipinski definition) is 5. The maximum Gasteiger partial charge on any atom is 0.387 e. The molecule has 0 aliphatic carbocycles. The average molecular weight is 499 g/mol. The first kappa shape index (κ1) is 24.1. The molecule has 3 amide bonds. The number of phenolic OH excluding ortho intramolecular Hbond substituents is 1. The van der Waals surface area contributed by atoms with Gasteiger partial charge in [-0.2, -0.15) is 8.78 Å². The van der Waals surface area contributed by atoms with Crippen molar-refractivity contribution in [2.24, 2.45) is 0 Å². The van der Waals surface area contributed by atoms with Gasteiger partial charge in [0.1, 0.15) is 23.1 Å². The summed E-state index contributed by atoms with van der Waals surface area (Å²) in [6.45, 7) is -0.207. The molecule has 2 N–H and O–H groups in total. The van der Waals surface area contributed by atoms with Gasteiger partial charge in [0.05, 0.1) is 0 Å². The maximum absolute atomic E-state index is 13.7. The molecule has 2 aromatic carbocycles. The zero-order valence-corrected chi connectivity index (χ0v) is 20.3. The van der Waals surface area contributed by atoms with E-state index in [0.29, 0.717) is 28.6 Å². The van der Waals surface area contributed by atoms with Crippen LogP contribution in [0.2, 0.25) is 0 Å². The molecule has 1 aromatic heterocycles. The van der Waals surface area contributed by atoms with Crippen LogP contribution < -0.4 is 4.74 Å². The lowest BCUT2D eigenvalue weighted by molar-refractivity contribution is -0.133. The first-order valence-electron chi connectivity index (χ1n) is 11.8. The van der Waals surface area contributed by atoms with Crippen molar-refractivity contribution in [1.29, 1.82) is 0 Å². The molecule has 0 unspecified atom stereocenters. The van der Waals surface area contributed by atoms with E-state index in [9.17, 15) is 23.5 Å². The number of nitrogens with zero attached hydrogens (tertiary/aromatic N) is 3. The summed E-state index contributed by atoms with van der Waals surface area (Å²) in [7, 11) is 3.86. The van der Waals surface area contributed by atoms with Gasteiger partial charge in [-0.3, -0.25) is 14.6 Å². The number of aromatic amines is 1. The van der Waals surface area contributed by atoms with E-state index < -0.39 is 18.2 Å². The van der Waals surface area contributed by atoms with Gasteiger partial charge in [-0.25, -0.2) is 4.79 Å².